The van der Waals surface area contributed by atoms with Crippen LogP contribution in [-0.4, -0.2) is 17.7 Å². The SMILES string of the molecule is CCCC(CCC)C(=N)C(N)CC(N)=O. The third-order valence-electron chi connectivity index (χ3n) is 2.53. The van der Waals surface area contributed by atoms with Crippen LogP contribution >= 0.6 is 0 Å². The summed E-state index contributed by atoms with van der Waals surface area (Å²) in [5.74, 6) is -0.214. The number of carbonyl (C=O) groups excluding carboxylic acids is 1. The molecule has 1 unspecified atom stereocenters. The first-order chi connectivity index (χ1) is 7.02. The zero-order chi connectivity index (χ0) is 11.8. The van der Waals surface area contributed by atoms with E-state index in [-0.39, 0.29) is 12.3 Å². The maximum Gasteiger partial charge on any atom is 0.219 e. The van der Waals surface area contributed by atoms with E-state index < -0.39 is 11.9 Å². The quantitative estimate of drug-likeness (QED) is 0.532. The summed E-state index contributed by atoms with van der Waals surface area (Å²) < 4.78 is 0. The van der Waals surface area contributed by atoms with Crippen molar-refractivity contribution in [1.29, 1.82) is 5.41 Å². The smallest absolute Gasteiger partial charge is 0.219 e. The number of amides is 1. The Labute approximate surface area is 91.9 Å². The van der Waals surface area contributed by atoms with Gasteiger partial charge in [0.05, 0.1) is 6.04 Å². The van der Waals surface area contributed by atoms with Crippen molar-refractivity contribution in [3.05, 3.63) is 0 Å². The molecule has 15 heavy (non-hydrogen) atoms. The van der Waals surface area contributed by atoms with Crippen molar-refractivity contribution in [2.75, 3.05) is 0 Å². The molecule has 0 spiro atoms. The van der Waals surface area contributed by atoms with Gasteiger partial charge in [0.15, 0.2) is 0 Å². The van der Waals surface area contributed by atoms with Crippen molar-refractivity contribution in [2.24, 2.45) is 17.4 Å². The van der Waals surface area contributed by atoms with Gasteiger partial charge in [-0.25, -0.2) is 0 Å². The molecule has 4 heteroatoms. The topological polar surface area (TPSA) is 93.0 Å². The molecule has 0 fully saturated rings. The van der Waals surface area contributed by atoms with E-state index in [9.17, 15) is 4.79 Å². The summed E-state index contributed by atoms with van der Waals surface area (Å²) in [6.07, 6.45) is 4.10. The van der Waals surface area contributed by atoms with Crippen LogP contribution in [0.5, 0.6) is 0 Å². The molecule has 0 rings (SSSR count). The fourth-order valence-corrected chi connectivity index (χ4v) is 1.78. The standard InChI is InChI=1S/C11H23N3O/c1-3-5-8(6-4-2)11(14)9(12)7-10(13)15/h8-9,14H,3-7,12H2,1-2H3,(H2,13,15). The summed E-state index contributed by atoms with van der Waals surface area (Å²) in [7, 11) is 0. The number of rotatable bonds is 8. The van der Waals surface area contributed by atoms with Gasteiger partial charge < -0.3 is 16.9 Å². The highest BCUT2D eigenvalue weighted by Crippen LogP contribution is 2.16. The van der Waals surface area contributed by atoms with E-state index in [0.29, 0.717) is 5.71 Å². The first-order valence-corrected chi connectivity index (χ1v) is 5.65. The number of hydrogen-bond acceptors (Lipinski definition) is 3. The Kier molecular flexibility index (Phi) is 6.96. The van der Waals surface area contributed by atoms with Crippen LogP contribution in [0, 0.1) is 11.3 Å². The Morgan fingerprint density at radius 1 is 1.27 bits per heavy atom. The maximum atomic E-state index is 10.7. The van der Waals surface area contributed by atoms with E-state index in [0.717, 1.165) is 25.7 Å². The highest BCUT2D eigenvalue weighted by atomic mass is 16.1. The molecule has 1 atom stereocenters. The van der Waals surface area contributed by atoms with Crippen LogP contribution in [0.1, 0.15) is 46.0 Å². The predicted molar refractivity (Wildman–Crippen MR) is 62.8 cm³/mol. The Balaban J connectivity index is 4.27. The lowest BCUT2D eigenvalue weighted by molar-refractivity contribution is -0.118. The van der Waals surface area contributed by atoms with Gasteiger partial charge in [-0.2, -0.15) is 0 Å². The first-order valence-electron chi connectivity index (χ1n) is 5.65. The van der Waals surface area contributed by atoms with Crippen molar-refractivity contribution in [1.82, 2.24) is 0 Å². The van der Waals surface area contributed by atoms with Gasteiger partial charge in [0.25, 0.3) is 0 Å². The van der Waals surface area contributed by atoms with Gasteiger partial charge in [-0.3, -0.25) is 4.79 Å². The zero-order valence-electron chi connectivity index (χ0n) is 9.75. The van der Waals surface area contributed by atoms with Crippen molar-refractivity contribution in [3.63, 3.8) is 0 Å². The van der Waals surface area contributed by atoms with Crippen LogP contribution in [0.3, 0.4) is 0 Å². The molecule has 0 bridgehead atoms. The van der Waals surface area contributed by atoms with Crippen LogP contribution in [0.2, 0.25) is 0 Å². The molecule has 0 saturated heterocycles. The Bertz CT molecular complexity index is 210. The second-order valence-corrected chi connectivity index (χ2v) is 4.01. The maximum absolute atomic E-state index is 10.7. The highest BCUT2D eigenvalue weighted by Gasteiger charge is 2.20. The second kappa shape index (κ2) is 7.40. The largest absolute Gasteiger partial charge is 0.370 e. The molecule has 0 radical (unpaired) electrons. The molecule has 1 amide bonds. The fourth-order valence-electron chi connectivity index (χ4n) is 1.78. The molecule has 0 aromatic carbocycles. The Morgan fingerprint density at radius 2 is 1.73 bits per heavy atom. The van der Waals surface area contributed by atoms with Gasteiger partial charge in [0, 0.05) is 12.1 Å². The van der Waals surface area contributed by atoms with E-state index in [2.05, 4.69) is 13.8 Å². The number of primary amides is 1. The number of nitrogens with one attached hydrogen (secondary N) is 1. The minimum absolute atomic E-state index is 0.0861. The van der Waals surface area contributed by atoms with E-state index in [1.165, 1.54) is 0 Å². The molecule has 88 valence electrons. The average Bonchev–Trinajstić information content (AvgIpc) is 2.15. The number of nitrogens with two attached hydrogens (primary N) is 2. The highest BCUT2D eigenvalue weighted by molar-refractivity contribution is 5.92. The summed E-state index contributed by atoms with van der Waals surface area (Å²) in [5, 5.41) is 7.92. The summed E-state index contributed by atoms with van der Waals surface area (Å²) in [6.45, 7) is 4.19. The molecule has 0 aliphatic heterocycles. The first kappa shape index (κ1) is 14.1. The molecule has 4 nitrogen and oxygen atoms in total. The molecule has 0 aliphatic carbocycles. The molecular formula is C11H23N3O. The van der Waals surface area contributed by atoms with E-state index in [1.807, 2.05) is 0 Å². The molecule has 0 aromatic rings. The normalized spacial score (nSPS) is 12.8. The minimum atomic E-state index is -0.495. The van der Waals surface area contributed by atoms with Crippen LogP contribution in [-0.2, 0) is 4.79 Å². The van der Waals surface area contributed by atoms with Crippen LogP contribution in [0.15, 0.2) is 0 Å². The van der Waals surface area contributed by atoms with Gasteiger partial charge in [-0.15, -0.1) is 0 Å². The summed E-state index contributed by atoms with van der Waals surface area (Å²) >= 11 is 0. The van der Waals surface area contributed by atoms with Crippen LogP contribution < -0.4 is 11.5 Å². The third-order valence-corrected chi connectivity index (χ3v) is 2.53. The third kappa shape index (κ3) is 5.52. The summed E-state index contributed by atoms with van der Waals surface area (Å²) in [6, 6.07) is -0.495. The minimum Gasteiger partial charge on any atom is -0.370 e. The van der Waals surface area contributed by atoms with E-state index in [1.54, 1.807) is 0 Å². The number of carbonyl (C=O) groups is 1. The van der Waals surface area contributed by atoms with Crippen molar-refractivity contribution in [3.8, 4) is 0 Å². The van der Waals surface area contributed by atoms with Gasteiger partial charge in [-0.05, 0) is 18.8 Å². The predicted octanol–water partition coefficient (Wildman–Crippen LogP) is 1.43. The average molecular weight is 213 g/mol. The van der Waals surface area contributed by atoms with Crippen molar-refractivity contribution >= 4 is 11.6 Å². The Hall–Kier alpha value is -0.900. The lowest BCUT2D eigenvalue weighted by Crippen LogP contribution is -2.38. The summed E-state index contributed by atoms with van der Waals surface area (Å²) in [4.78, 5) is 10.7. The van der Waals surface area contributed by atoms with Gasteiger partial charge >= 0.3 is 0 Å². The second-order valence-electron chi connectivity index (χ2n) is 4.01. The van der Waals surface area contributed by atoms with Gasteiger partial charge in [0.1, 0.15) is 0 Å². The molecule has 5 N–H and O–H groups in total. The Morgan fingerprint density at radius 3 is 2.07 bits per heavy atom. The molecular weight excluding hydrogens is 190 g/mol. The van der Waals surface area contributed by atoms with Crippen LogP contribution in [0.4, 0.5) is 0 Å². The van der Waals surface area contributed by atoms with Gasteiger partial charge in [-0.1, -0.05) is 26.7 Å². The monoisotopic (exact) mass is 213 g/mol. The van der Waals surface area contributed by atoms with Crippen LogP contribution in [0.25, 0.3) is 0 Å². The molecule has 0 aliphatic rings. The fraction of sp³-hybridized carbons (Fsp3) is 0.818. The van der Waals surface area contributed by atoms with Crippen molar-refractivity contribution in [2.45, 2.75) is 52.0 Å². The van der Waals surface area contributed by atoms with Gasteiger partial charge in [0.2, 0.25) is 5.91 Å². The van der Waals surface area contributed by atoms with E-state index >= 15 is 0 Å². The molecule has 0 heterocycles. The lowest BCUT2D eigenvalue weighted by Gasteiger charge is -2.21. The summed E-state index contributed by atoms with van der Waals surface area (Å²) in [5.41, 5.74) is 11.3. The molecule has 0 aromatic heterocycles. The lowest BCUT2D eigenvalue weighted by atomic mass is 9.88. The van der Waals surface area contributed by atoms with Crippen molar-refractivity contribution < 1.29 is 4.79 Å². The zero-order valence-corrected chi connectivity index (χ0v) is 9.75. The van der Waals surface area contributed by atoms with E-state index in [4.69, 9.17) is 16.9 Å². The number of hydrogen-bond donors (Lipinski definition) is 3. The molecule has 0 saturated carbocycles.